The molecule has 1 saturated heterocycles. The third-order valence-corrected chi connectivity index (χ3v) is 7.66. The second-order valence-corrected chi connectivity index (χ2v) is 10.5. The van der Waals surface area contributed by atoms with Crippen LogP contribution in [-0.2, 0) is 14.8 Å². The fraction of sp³-hybridized carbons (Fsp3) is 0.667. The van der Waals surface area contributed by atoms with Crippen molar-refractivity contribution in [2.45, 2.75) is 80.6 Å². The molecule has 0 aromatic heterocycles. The van der Waals surface area contributed by atoms with Crippen LogP contribution in [0.25, 0.3) is 0 Å². The average Bonchev–Trinajstić information content (AvgIpc) is 2.75. The van der Waals surface area contributed by atoms with Crippen molar-refractivity contribution in [3.05, 3.63) is 29.3 Å². The van der Waals surface area contributed by atoms with E-state index in [4.69, 9.17) is 16.3 Å². The van der Waals surface area contributed by atoms with Crippen LogP contribution in [0.15, 0.2) is 29.2 Å². The third-order valence-electron chi connectivity index (χ3n) is 5.93. The van der Waals surface area contributed by atoms with E-state index in [1.165, 1.54) is 30.7 Å². The summed E-state index contributed by atoms with van der Waals surface area (Å²) in [4.78, 5) is 12.5. The van der Waals surface area contributed by atoms with Crippen LogP contribution in [0.1, 0.15) is 51.4 Å². The van der Waals surface area contributed by atoms with Gasteiger partial charge >= 0.3 is 6.03 Å². The maximum absolute atomic E-state index is 12.4. The van der Waals surface area contributed by atoms with E-state index in [0.717, 1.165) is 25.7 Å². The van der Waals surface area contributed by atoms with E-state index in [1.54, 1.807) is 0 Å². The van der Waals surface area contributed by atoms with Gasteiger partial charge in [0.05, 0.1) is 23.6 Å². The third kappa shape index (κ3) is 7.32. The molecule has 1 aromatic rings. The standard InChI is InChI=1S/C21H32ClN3O5S/c22-15-6-9-18(10-7-15)31(28,29)23-13-12-17-8-11-19(20(14-26)30-17)25-21(27)24-16-4-2-1-3-5-16/h6-7,9-10,16-17,19-20,23,26H,1-5,8,11-14H2,(H2,24,25,27)/t17-,19+,20-/m1/s1. The maximum Gasteiger partial charge on any atom is 0.315 e. The van der Waals surface area contributed by atoms with Crippen LogP contribution in [0.2, 0.25) is 5.02 Å². The van der Waals surface area contributed by atoms with E-state index in [-0.39, 0.29) is 42.3 Å². The van der Waals surface area contributed by atoms with Crippen molar-refractivity contribution in [3.8, 4) is 0 Å². The van der Waals surface area contributed by atoms with Gasteiger partial charge in [0, 0.05) is 17.6 Å². The van der Waals surface area contributed by atoms with Gasteiger partial charge < -0.3 is 20.5 Å². The van der Waals surface area contributed by atoms with Crippen molar-refractivity contribution in [1.82, 2.24) is 15.4 Å². The molecule has 0 bridgehead atoms. The van der Waals surface area contributed by atoms with Crippen LogP contribution in [0.4, 0.5) is 4.79 Å². The van der Waals surface area contributed by atoms with Crippen molar-refractivity contribution < 1.29 is 23.1 Å². The Morgan fingerprint density at radius 2 is 1.77 bits per heavy atom. The number of rotatable bonds is 8. The van der Waals surface area contributed by atoms with Crippen molar-refractivity contribution in [2.75, 3.05) is 13.2 Å². The Bertz CT molecular complexity index is 815. The zero-order chi connectivity index (χ0) is 22.3. The zero-order valence-corrected chi connectivity index (χ0v) is 19.1. The summed E-state index contributed by atoms with van der Waals surface area (Å²) >= 11 is 5.80. The molecule has 1 aliphatic carbocycles. The zero-order valence-electron chi connectivity index (χ0n) is 17.6. The highest BCUT2D eigenvalue weighted by Crippen LogP contribution is 2.22. The largest absolute Gasteiger partial charge is 0.394 e. The Kier molecular flexibility index (Phi) is 8.97. The van der Waals surface area contributed by atoms with Crippen LogP contribution in [0, 0.1) is 0 Å². The summed E-state index contributed by atoms with van der Waals surface area (Å²) in [6, 6.07) is 5.71. The van der Waals surface area contributed by atoms with E-state index < -0.39 is 16.1 Å². The molecule has 3 rings (SSSR count). The molecule has 1 aliphatic heterocycles. The normalized spacial score (nSPS) is 25.2. The molecule has 1 saturated carbocycles. The molecule has 174 valence electrons. The second kappa shape index (κ2) is 11.5. The minimum atomic E-state index is -3.62. The quantitative estimate of drug-likeness (QED) is 0.463. The van der Waals surface area contributed by atoms with Crippen LogP contribution in [0.3, 0.4) is 0 Å². The first kappa shape index (κ1) is 24.3. The Hall–Kier alpha value is -1.39. The molecule has 8 nitrogen and oxygen atoms in total. The number of ether oxygens (including phenoxy) is 1. The number of benzene rings is 1. The maximum atomic E-state index is 12.4. The highest BCUT2D eigenvalue weighted by atomic mass is 35.5. The summed E-state index contributed by atoms with van der Waals surface area (Å²) in [5.74, 6) is 0. The van der Waals surface area contributed by atoms with Gasteiger partial charge in [0.2, 0.25) is 10.0 Å². The molecule has 2 fully saturated rings. The number of carbonyl (C=O) groups is 1. The molecule has 1 heterocycles. The Morgan fingerprint density at radius 3 is 2.45 bits per heavy atom. The first-order valence-corrected chi connectivity index (χ1v) is 12.8. The van der Waals surface area contributed by atoms with E-state index in [9.17, 15) is 18.3 Å². The van der Waals surface area contributed by atoms with Crippen LogP contribution in [0.5, 0.6) is 0 Å². The monoisotopic (exact) mass is 473 g/mol. The topological polar surface area (TPSA) is 117 Å². The molecule has 2 amide bonds. The number of hydrogen-bond acceptors (Lipinski definition) is 5. The predicted octanol–water partition coefficient (Wildman–Crippen LogP) is 2.55. The van der Waals surface area contributed by atoms with Gasteiger partial charge in [-0.3, -0.25) is 0 Å². The van der Waals surface area contributed by atoms with Gasteiger partial charge in [0.1, 0.15) is 6.10 Å². The fourth-order valence-electron chi connectivity index (χ4n) is 4.20. The van der Waals surface area contributed by atoms with E-state index in [1.807, 2.05) is 0 Å². The number of nitrogens with one attached hydrogen (secondary N) is 3. The number of urea groups is 1. The fourth-order valence-corrected chi connectivity index (χ4v) is 5.38. The molecule has 2 aliphatic rings. The van der Waals surface area contributed by atoms with Gasteiger partial charge in [-0.1, -0.05) is 30.9 Å². The highest BCUT2D eigenvalue weighted by molar-refractivity contribution is 7.89. The van der Waals surface area contributed by atoms with Crippen molar-refractivity contribution >= 4 is 27.7 Å². The van der Waals surface area contributed by atoms with Gasteiger partial charge in [-0.25, -0.2) is 17.9 Å². The predicted molar refractivity (Wildman–Crippen MR) is 119 cm³/mol. The minimum Gasteiger partial charge on any atom is -0.394 e. The van der Waals surface area contributed by atoms with Crippen LogP contribution >= 0.6 is 11.6 Å². The minimum absolute atomic E-state index is 0.155. The summed E-state index contributed by atoms with van der Waals surface area (Å²) in [6.45, 7) is 0.00934. The molecule has 10 heteroatoms. The van der Waals surface area contributed by atoms with Crippen LogP contribution in [-0.4, -0.2) is 57.0 Å². The summed E-state index contributed by atoms with van der Waals surface area (Å²) in [6.07, 6.45) is 6.63. The molecule has 0 unspecified atom stereocenters. The lowest BCUT2D eigenvalue weighted by molar-refractivity contribution is -0.0887. The molecule has 31 heavy (non-hydrogen) atoms. The first-order chi connectivity index (χ1) is 14.9. The smallest absolute Gasteiger partial charge is 0.315 e. The SMILES string of the molecule is O=C(NC1CCCCC1)N[C@H]1CC[C@H](CCNS(=O)(=O)c2ccc(Cl)cc2)O[C@@H]1CO. The van der Waals surface area contributed by atoms with Crippen molar-refractivity contribution in [2.24, 2.45) is 0 Å². The summed E-state index contributed by atoms with van der Waals surface area (Å²) in [5.41, 5.74) is 0. The molecule has 0 spiro atoms. The van der Waals surface area contributed by atoms with Gasteiger partial charge in [0.15, 0.2) is 0 Å². The van der Waals surface area contributed by atoms with E-state index in [2.05, 4.69) is 15.4 Å². The first-order valence-electron chi connectivity index (χ1n) is 11.0. The average molecular weight is 474 g/mol. The van der Waals surface area contributed by atoms with E-state index >= 15 is 0 Å². The van der Waals surface area contributed by atoms with Gasteiger partial charge in [0.25, 0.3) is 0 Å². The molecule has 0 radical (unpaired) electrons. The number of aliphatic hydroxyl groups is 1. The lowest BCUT2D eigenvalue weighted by Crippen LogP contribution is -2.55. The molecular formula is C21H32ClN3O5S. The molecule has 3 atom stereocenters. The summed E-state index contributed by atoms with van der Waals surface area (Å²) in [5, 5.41) is 16.1. The number of amides is 2. The van der Waals surface area contributed by atoms with Gasteiger partial charge in [-0.15, -0.1) is 0 Å². The Morgan fingerprint density at radius 1 is 1.06 bits per heavy atom. The van der Waals surface area contributed by atoms with Gasteiger partial charge in [-0.2, -0.15) is 0 Å². The number of carbonyl (C=O) groups excluding carboxylic acids is 1. The number of halogens is 1. The Balaban J connectivity index is 1.42. The number of hydrogen-bond donors (Lipinski definition) is 4. The van der Waals surface area contributed by atoms with Crippen LogP contribution < -0.4 is 15.4 Å². The lowest BCUT2D eigenvalue weighted by atomic mass is 9.95. The van der Waals surface area contributed by atoms with Gasteiger partial charge in [-0.05, 0) is 56.4 Å². The summed E-state index contributed by atoms with van der Waals surface area (Å²) < 4.78 is 33.2. The number of aliphatic hydroxyl groups excluding tert-OH is 1. The number of sulfonamides is 1. The molecule has 4 N–H and O–H groups in total. The molecular weight excluding hydrogens is 442 g/mol. The summed E-state index contributed by atoms with van der Waals surface area (Å²) in [7, 11) is -3.62. The highest BCUT2D eigenvalue weighted by Gasteiger charge is 2.32. The lowest BCUT2D eigenvalue weighted by Gasteiger charge is -2.36. The van der Waals surface area contributed by atoms with E-state index in [0.29, 0.717) is 24.3 Å². The van der Waals surface area contributed by atoms with Crippen molar-refractivity contribution in [3.63, 3.8) is 0 Å². The second-order valence-electron chi connectivity index (χ2n) is 8.26. The van der Waals surface area contributed by atoms with Crippen molar-refractivity contribution in [1.29, 1.82) is 0 Å². The Labute approximate surface area is 189 Å². The molecule has 1 aromatic carbocycles.